The van der Waals surface area contributed by atoms with E-state index in [1.807, 2.05) is 24.3 Å². The Morgan fingerprint density at radius 3 is 2.68 bits per heavy atom. The number of carbonyl (C=O) groups is 1. The van der Waals surface area contributed by atoms with Gasteiger partial charge in [-0.05, 0) is 30.5 Å². The number of carboxylic acids is 1. The van der Waals surface area contributed by atoms with E-state index < -0.39 is 11.4 Å². The average Bonchev–Trinajstić information content (AvgIpc) is 2.90. The van der Waals surface area contributed by atoms with Crippen molar-refractivity contribution in [1.82, 2.24) is 0 Å². The van der Waals surface area contributed by atoms with Crippen molar-refractivity contribution in [2.45, 2.75) is 31.6 Å². The third-order valence-corrected chi connectivity index (χ3v) is 4.32. The molecule has 19 heavy (non-hydrogen) atoms. The molecule has 104 valence electrons. The minimum atomic E-state index is -0.719. The van der Waals surface area contributed by atoms with Gasteiger partial charge in [-0.15, -0.1) is 0 Å². The van der Waals surface area contributed by atoms with Gasteiger partial charge >= 0.3 is 5.97 Å². The van der Waals surface area contributed by atoms with E-state index in [0.29, 0.717) is 19.4 Å². The largest absolute Gasteiger partial charge is 0.497 e. The molecule has 0 amide bonds. The Morgan fingerprint density at radius 2 is 2.16 bits per heavy atom. The number of methoxy groups -OCH3 is 1. The third-order valence-electron chi connectivity index (χ3n) is 4.32. The first kappa shape index (κ1) is 13.9. The van der Waals surface area contributed by atoms with Crippen molar-refractivity contribution in [2.75, 3.05) is 13.7 Å². The summed E-state index contributed by atoms with van der Waals surface area (Å²) in [6.07, 6.45) is 3.35. The van der Waals surface area contributed by atoms with Gasteiger partial charge in [-0.2, -0.15) is 0 Å². The number of hydrogen-bond donors (Lipinski definition) is 2. The lowest BCUT2D eigenvalue weighted by Gasteiger charge is -2.33. The quantitative estimate of drug-likeness (QED) is 0.855. The number of hydrogen-bond acceptors (Lipinski definition) is 3. The lowest BCUT2D eigenvalue weighted by molar-refractivity contribution is -0.150. The summed E-state index contributed by atoms with van der Waals surface area (Å²) in [7, 11) is 1.61. The van der Waals surface area contributed by atoms with Gasteiger partial charge in [0, 0.05) is 12.5 Å². The zero-order valence-electron chi connectivity index (χ0n) is 11.3. The van der Waals surface area contributed by atoms with Crippen LogP contribution in [0, 0.1) is 5.41 Å². The minimum Gasteiger partial charge on any atom is -0.497 e. The summed E-state index contributed by atoms with van der Waals surface area (Å²) in [5.41, 5.74) is 6.15. The molecule has 0 aliphatic heterocycles. The molecule has 2 rings (SSSR count). The van der Waals surface area contributed by atoms with Gasteiger partial charge in [-0.1, -0.05) is 25.0 Å². The molecule has 1 aromatic carbocycles. The smallest absolute Gasteiger partial charge is 0.310 e. The van der Waals surface area contributed by atoms with Crippen molar-refractivity contribution in [2.24, 2.45) is 11.1 Å². The number of nitrogens with two attached hydrogens (primary N) is 1. The number of benzene rings is 1. The van der Waals surface area contributed by atoms with Crippen LogP contribution in [0.5, 0.6) is 5.75 Å². The van der Waals surface area contributed by atoms with E-state index >= 15 is 0 Å². The van der Waals surface area contributed by atoms with E-state index in [1.54, 1.807) is 7.11 Å². The Labute approximate surface area is 113 Å². The molecule has 1 aliphatic rings. The summed E-state index contributed by atoms with van der Waals surface area (Å²) in [5, 5.41) is 9.67. The predicted octanol–water partition coefficient (Wildman–Crippen LogP) is 2.38. The van der Waals surface area contributed by atoms with Crippen LogP contribution in [-0.2, 0) is 4.79 Å². The summed E-state index contributed by atoms with van der Waals surface area (Å²) in [4.78, 5) is 11.8. The topological polar surface area (TPSA) is 72.5 Å². The number of ether oxygens (including phenoxy) is 1. The van der Waals surface area contributed by atoms with Crippen LogP contribution in [0.15, 0.2) is 24.3 Å². The summed E-state index contributed by atoms with van der Waals surface area (Å²) >= 11 is 0. The normalized spacial score (nSPS) is 19.1. The average molecular weight is 263 g/mol. The lowest BCUT2D eigenvalue weighted by atomic mass is 9.70. The summed E-state index contributed by atoms with van der Waals surface area (Å²) < 4.78 is 5.22. The maximum atomic E-state index is 11.8. The van der Waals surface area contributed by atoms with Crippen molar-refractivity contribution in [3.63, 3.8) is 0 Å². The molecule has 4 heteroatoms. The molecule has 1 atom stereocenters. The molecular weight excluding hydrogens is 242 g/mol. The van der Waals surface area contributed by atoms with Gasteiger partial charge < -0.3 is 15.6 Å². The summed E-state index contributed by atoms with van der Waals surface area (Å²) in [6.45, 7) is 0.347. The highest BCUT2D eigenvalue weighted by atomic mass is 16.5. The molecule has 0 aromatic heterocycles. The fourth-order valence-electron chi connectivity index (χ4n) is 3.26. The Hall–Kier alpha value is -1.55. The number of rotatable bonds is 5. The number of carboxylic acid groups (broad SMARTS) is 1. The fourth-order valence-corrected chi connectivity index (χ4v) is 3.26. The zero-order chi connectivity index (χ0) is 13.9. The van der Waals surface area contributed by atoms with Crippen molar-refractivity contribution in [3.05, 3.63) is 29.8 Å². The highest BCUT2D eigenvalue weighted by Gasteiger charge is 2.47. The van der Waals surface area contributed by atoms with Crippen LogP contribution < -0.4 is 10.5 Å². The molecule has 1 fully saturated rings. The SMILES string of the molecule is COc1cccc(C(CN)C2(C(=O)O)CCCC2)c1. The van der Waals surface area contributed by atoms with E-state index in [0.717, 1.165) is 24.2 Å². The van der Waals surface area contributed by atoms with Crippen molar-refractivity contribution in [1.29, 1.82) is 0 Å². The van der Waals surface area contributed by atoms with Crippen LogP contribution in [0.1, 0.15) is 37.2 Å². The Kier molecular flexibility index (Phi) is 4.10. The van der Waals surface area contributed by atoms with Crippen LogP contribution in [0.25, 0.3) is 0 Å². The van der Waals surface area contributed by atoms with Gasteiger partial charge in [0.25, 0.3) is 0 Å². The number of aliphatic carboxylic acids is 1. The van der Waals surface area contributed by atoms with E-state index in [1.165, 1.54) is 0 Å². The maximum absolute atomic E-state index is 11.8. The van der Waals surface area contributed by atoms with Crippen molar-refractivity contribution in [3.8, 4) is 5.75 Å². The van der Waals surface area contributed by atoms with E-state index in [9.17, 15) is 9.90 Å². The standard InChI is InChI=1S/C15H21NO3/c1-19-12-6-4-5-11(9-12)13(10-16)15(14(17)18)7-2-3-8-15/h4-6,9,13H,2-3,7-8,10,16H2,1H3,(H,17,18). The van der Waals surface area contributed by atoms with Gasteiger partial charge in [0.2, 0.25) is 0 Å². The molecule has 1 aliphatic carbocycles. The molecule has 4 nitrogen and oxygen atoms in total. The molecular formula is C15H21NO3. The van der Waals surface area contributed by atoms with Crippen LogP contribution >= 0.6 is 0 Å². The zero-order valence-corrected chi connectivity index (χ0v) is 11.3. The molecule has 1 aromatic rings. The lowest BCUT2D eigenvalue weighted by Crippen LogP contribution is -2.38. The van der Waals surface area contributed by atoms with Crippen LogP contribution in [-0.4, -0.2) is 24.7 Å². The first-order chi connectivity index (χ1) is 9.14. The monoisotopic (exact) mass is 263 g/mol. The van der Waals surface area contributed by atoms with E-state index in [4.69, 9.17) is 10.5 Å². The van der Waals surface area contributed by atoms with Gasteiger partial charge in [0.05, 0.1) is 12.5 Å². The Balaban J connectivity index is 2.39. The first-order valence-corrected chi connectivity index (χ1v) is 6.71. The molecule has 0 saturated heterocycles. The van der Waals surface area contributed by atoms with Crippen molar-refractivity contribution >= 4 is 5.97 Å². The van der Waals surface area contributed by atoms with Gasteiger partial charge in [0.1, 0.15) is 5.75 Å². The second-order valence-electron chi connectivity index (χ2n) is 5.23. The molecule has 1 unspecified atom stereocenters. The predicted molar refractivity (Wildman–Crippen MR) is 73.3 cm³/mol. The third kappa shape index (κ3) is 2.45. The molecule has 1 saturated carbocycles. The summed E-state index contributed by atoms with van der Waals surface area (Å²) in [5.74, 6) is -0.125. The van der Waals surface area contributed by atoms with E-state index in [-0.39, 0.29) is 5.92 Å². The van der Waals surface area contributed by atoms with Gasteiger partial charge in [-0.25, -0.2) is 0 Å². The second kappa shape index (κ2) is 5.61. The fraction of sp³-hybridized carbons (Fsp3) is 0.533. The molecule has 0 radical (unpaired) electrons. The second-order valence-corrected chi connectivity index (χ2v) is 5.23. The summed E-state index contributed by atoms with van der Waals surface area (Å²) in [6, 6.07) is 7.60. The van der Waals surface area contributed by atoms with Gasteiger partial charge in [0.15, 0.2) is 0 Å². The molecule has 0 bridgehead atoms. The van der Waals surface area contributed by atoms with Crippen molar-refractivity contribution < 1.29 is 14.6 Å². The first-order valence-electron chi connectivity index (χ1n) is 6.71. The maximum Gasteiger partial charge on any atom is 0.310 e. The van der Waals surface area contributed by atoms with Crippen LogP contribution in [0.3, 0.4) is 0 Å². The Morgan fingerprint density at radius 1 is 1.47 bits per heavy atom. The highest BCUT2D eigenvalue weighted by Crippen LogP contribution is 2.49. The van der Waals surface area contributed by atoms with Gasteiger partial charge in [-0.3, -0.25) is 4.79 Å². The van der Waals surface area contributed by atoms with E-state index in [2.05, 4.69) is 0 Å². The van der Waals surface area contributed by atoms with Crippen LogP contribution in [0.4, 0.5) is 0 Å². The van der Waals surface area contributed by atoms with Crippen LogP contribution in [0.2, 0.25) is 0 Å². The highest BCUT2D eigenvalue weighted by molar-refractivity contribution is 5.76. The molecule has 0 heterocycles. The molecule has 0 spiro atoms. The molecule has 3 N–H and O–H groups in total. The Bertz CT molecular complexity index is 452. The minimum absolute atomic E-state index is 0.150.